The monoisotopic (exact) mass is 286 g/mol. The molecule has 1 aromatic rings. The summed E-state index contributed by atoms with van der Waals surface area (Å²) in [6.07, 6.45) is 4.44. The van der Waals surface area contributed by atoms with Gasteiger partial charge in [0.2, 0.25) is 0 Å². The van der Waals surface area contributed by atoms with Crippen molar-refractivity contribution in [2.45, 2.75) is 31.8 Å². The van der Waals surface area contributed by atoms with Gasteiger partial charge < -0.3 is 15.8 Å². The number of nitrogens with two attached hydrogens (primary N) is 1. The number of nitrogens with one attached hydrogen (secondary N) is 1. The second-order valence-electron chi connectivity index (χ2n) is 6.79. The van der Waals surface area contributed by atoms with Crippen molar-refractivity contribution < 1.29 is 9.53 Å². The fourth-order valence-corrected chi connectivity index (χ4v) is 4.69. The summed E-state index contributed by atoms with van der Waals surface area (Å²) in [6.45, 7) is 0.860. The lowest BCUT2D eigenvalue weighted by molar-refractivity contribution is -0.119. The molecule has 1 amide bonds. The van der Waals surface area contributed by atoms with Crippen molar-refractivity contribution in [1.82, 2.24) is 5.32 Å². The largest absolute Gasteiger partial charge is 0.484 e. The third-order valence-electron chi connectivity index (χ3n) is 5.58. The molecule has 0 aliphatic heterocycles. The van der Waals surface area contributed by atoms with Crippen LogP contribution in [-0.4, -0.2) is 18.6 Å². The van der Waals surface area contributed by atoms with Gasteiger partial charge in [-0.25, -0.2) is 0 Å². The molecule has 0 saturated heterocycles. The maximum Gasteiger partial charge on any atom is 0.255 e. The second kappa shape index (κ2) is 5.02. The summed E-state index contributed by atoms with van der Waals surface area (Å²) in [7, 11) is 0. The Hall–Kier alpha value is -1.55. The first-order valence-corrected chi connectivity index (χ1v) is 7.96. The SMILES string of the molecule is NC(=O)COc1ccc(CNC2C3C4CCC(C4)C23)cc1. The highest BCUT2D eigenvalue weighted by Crippen LogP contribution is 2.65. The van der Waals surface area contributed by atoms with Crippen molar-refractivity contribution >= 4 is 5.91 Å². The van der Waals surface area contributed by atoms with Crippen LogP contribution in [0.5, 0.6) is 5.75 Å². The van der Waals surface area contributed by atoms with E-state index in [-0.39, 0.29) is 6.61 Å². The van der Waals surface area contributed by atoms with Gasteiger partial charge in [0.25, 0.3) is 5.91 Å². The van der Waals surface area contributed by atoms with Gasteiger partial charge in [-0.2, -0.15) is 0 Å². The second-order valence-corrected chi connectivity index (χ2v) is 6.79. The first kappa shape index (κ1) is 13.1. The number of rotatable bonds is 6. The minimum absolute atomic E-state index is 0.0637. The number of hydrogen-bond donors (Lipinski definition) is 2. The van der Waals surface area contributed by atoms with E-state index in [1.54, 1.807) is 0 Å². The van der Waals surface area contributed by atoms with Crippen LogP contribution in [0.4, 0.5) is 0 Å². The first-order valence-electron chi connectivity index (χ1n) is 7.96. The zero-order valence-corrected chi connectivity index (χ0v) is 12.1. The zero-order chi connectivity index (χ0) is 14.4. The minimum atomic E-state index is -0.448. The summed E-state index contributed by atoms with van der Waals surface area (Å²) in [4.78, 5) is 10.7. The van der Waals surface area contributed by atoms with Gasteiger partial charge in [-0.05, 0) is 60.6 Å². The minimum Gasteiger partial charge on any atom is -0.484 e. The summed E-state index contributed by atoms with van der Waals surface area (Å²) in [5.41, 5.74) is 6.32. The van der Waals surface area contributed by atoms with Crippen molar-refractivity contribution in [3.8, 4) is 5.75 Å². The highest BCUT2D eigenvalue weighted by atomic mass is 16.5. The standard InChI is InChI=1S/C17H22N2O2/c18-14(20)9-21-13-5-1-10(2-6-13)8-19-17-15-11-3-4-12(7-11)16(15)17/h1-2,5-6,11-12,15-17,19H,3-4,7-9H2,(H2,18,20). The van der Waals surface area contributed by atoms with Crippen LogP contribution >= 0.6 is 0 Å². The van der Waals surface area contributed by atoms with Crippen LogP contribution in [0.15, 0.2) is 24.3 Å². The number of amides is 1. The van der Waals surface area contributed by atoms with Gasteiger partial charge in [0, 0.05) is 12.6 Å². The number of carbonyl (C=O) groups is 1. The average molecular weight is 286 g/mol. The molecule has 4 nitrogen and oxygen atoms in total. The van der Waals surface area contributed by atoms with E-state index in [0.29, 0.717) is 5.75 Å². The van der Waals surface area contributed by atoms with Gasteiger partial charge in [-0.1, -0.05) is 12.1 Å². The number of carbonyl (C=O) groups excluding carboxylic acids is 1. The van der Waals surface area contributed by atoms with Crippen LogP contribution < -0.4 is 15.8 Å². The Bertz CT molecular complexity index is 526. The van der Waals surface area contributed by atoms with Crippen molar-refractivity contribution in [2.24, 2.45) is 29.4 Å². The predicted octanol–water partition coefficient (Wildman–Crippen LogP) is 1.68. The summed E-state index contributed by atoms with van der Waals surface area (Å²) < 4.78 is 5.26. The van der Waals surface area contributed by atoms with Crippen LogP contribution in [0, 0.1) is 23.7 Å². The highest BCUT2D eigenvalue weighted by Gasteiger charge is 2.64. The smallest absolute Gasteiger partial charge is 0.255 e. The van der Waals surface area contributed by atoms with E-state index < -0.39 is 5.91 Å². The van der Waals surface area contributed by atoms with E-state index >= 15 is 0 Å². The normalized spacial score (nSPS) is 35.5. The summed E-state index contributed by atoms with van der Waals surface area (Å²) in [5.74, 6) is 4.22. The number of primary amides is 1. The molecule has 0 aromatic heterocycles. The molecule has 3 saturated carbocycles. The predicted molar refractivity (Wildman–Crippen MR) is 79.6 cm³/mol. The Labute approximate surface area is 125 Å². The van der Waals surface area contributed by atoms with Crippen LogP contribution in [0.25, 0.3) is 0 Å². The molecule has 112 valence electrons. The molecule has 4 unspecified atom stereocenters. The molecule has 0 spiro atoms. The Kier molecular flexibility index (Phi) is 3.14. The zero-order valence-electron chi connectivity index (χ0n) is 12.1. The van der Waals surface area contributed by atoms with E-state index in [4.69, 9.17) is 10.5 Å². The molecule has 21 heavy (non-hydrogen) atoms. The lowest BCUT2D eigenvalue weighted by Crippen LogP contribution is -2.22. The molecule has 3 N–H and O–H groups in total. The van der Waals surface area contributed by atoms with E-state index in [0.717, 1.165) is 36.3 Å². The van der Waals surface area contributed by atoms with Crippen molar-refractivity contribution in [2.75, 3.05) is 6.61 Å². The van der Waals surface area contributed by atoms with Crippen LogP contribution in [0.2, 0.25) is 0 Å². The van der Waals surface area contributed by atoms with Gasteiger partial charge in [-0.3, -0.25) is 4.79 Å². The molecule has 4 atom stereocenters. The first-order chi connectivity index (χ1) is 10.2. The molecule has 3 aliphatic rings. The number of ether oxygens (including phenoxy) is 1. The van der Waals surface area contributed by atoms with Crippen molar-refractivity contribution in [3.63, 3.8) is 0 Å². The van der Waals surface area contributed by atoms with Gasteiger partial charge in [0.1, 0.15) is 5.75 Å². The number of fused-ring (bicyclic) bond motifs is 5. The van der Waals surface area contributed by atoms with E-state index in [1.807, 2.05) is 12.1 Å². The molecule has 1 aromatic carbocycles. The van der Waals surface area contributed by atoms with Gasteiger partial charge in [-0.15, -0.1) is 0 Å². The number of hydrogen-bond acceptors (Lipinski definition) is 3. The maximum atomic E-state index is 10.7. The van der Waals surface area contributed by atoms with E-state index in [2.05, 4.69) is 17.4 Å². The third kappa shape index (κ3) is 2.42. The number of benzene rings is 1. The molecular weight excluding hydrogens is 264 g/mol. The maximum absolute atomic E-state index is 10.7. The fourth-order valence-electron chi connectivity index (χ4n) is 4.69. The quantitative estimate of drug-likeness (QED) is 0.836. The Morgan fingerprint density at radius 1 is 1.19 bits per heavy atom. The fraction of sp³-hybridized carbons (Fsp3) is 0.588. The van der Waals surface area contributed by atoms with Crippen molar-refractivity contribution in [1.29, 1.82) is 0 Å². The lowest BCUT2D eigenvalue weighted by atomic mass is 10.0. The third-order valence-corrected chi connectivity index (χ3v) is 5.58. The van der Waals surface area contributed by atoms with Crippen LogP contribution in [-0.2, 0) is 11.3 Å². The highest BCUT2D eigenvalue weighted by molar-refractivity contribution is 5.75. The Balaban J connectivity index is 1.27. The molecule has 3 aliphatic carbocycles. The summed E-state index contributed by atoms with van der Waals surface area (Å²) >= 11 is 0. The Morgan fingerprint density at radius 2 is 1.86 bits per heavy atom. The topological polar surface area (TPSA) is 64.4 Å². The summed E-state index contributed by atoms with van der Waals surface area (Å²) in [5, 5.41) is 3.73. The Morgan fingerprint density at radius 3 is 2.48 bits per heavy atom. The molecule has 4 heteroatoms. The molecule has 0 heterocycles. The molecule has 0 radical (unpaired) electrons. The average Bonchev–Trinajstić information content (AvgIpc) is 2.87. The van der Waals surface area contributed by atoms with Crippen LogP contribution in [0.1, 0.15) is 24.8 Å². The van der Waals surface area contributed by atoms with Gasteiger partial charge in [0.15, 0.2) is 6.61 Å². The molecule has 2 bridgehead atoms. The van der Waals surface area contributed by atoms with E-state index in [9.17, 15) is 4.79 Å². The molecular formula is C17H22N2O2. The van der Waals surface area contributed by atoms with Gasteiger partial charge in [0.05, 0.1) is 0 Å². The molecule has 4 rings (SSSR count). The van der Waals surface area contributed by atoms with Crippen molar-refractivity contribution in [3.05, 3.63) is 29.8 Å². The summed E-state index contributed by atoms with van der Waals surface area (Å²) in [6, 6.07) is 8.67. The van der Waals surface area contributed by atoms with E-state index in [1.165, 1.54) is 24.8 Å². The molecule has 3 fully saturated rings. The van der Waals surface area contributed by atoms with Crippen LogP contribution in [0.3, 0.4) is 0 Å². The lowest BCUT2D eigenvalue weighted by Gasteiger charge is -2.11. The van der Waals surface area contributed by atoms with Gasteiger partial charge >= 0.3 is 0 Å².